The number of nitrogens with one attached hydrogen (secondary N) is 1. The second kappa shape index (κ2) is 5.60. The van der Waals surface area contributed by atoms with E-state index in [-0.39, 0.29) is 10.6 Å². The van der Waals surface area contributed by atoms with E-state index in [2.05, 4.69) is 5.32 Å². The number of carbonyl (C=O) groups excluding carboxylic acids is 1. The zero-order chi connectivity index (χ0) is 13.0. The fourth-order valence-electron chi connectivity index (χ4n) is 1.06. The van der Waals surface area contributed by atoms with Gasteiger partial charge in [0.25, 0.3) is 5.91 Å². The van der Waals surface area contributed by atoms with E-state index < -0.39 is 30.3 Å². The number of carbonyl (C=O) groups is 2. The van der Waals surface area contributed by atoms with Crippen LogP contribution in [0.5, 0.6) is 0 Å². The van der Waals surface area contributed by atoms with Crippen LogP contribution >= 0.6 is 11.6 Å². The van der Waals surface area contributed by atoms with Gasteiger partial charge in [0.05, 0.1) is 11.6 Å². The number of aliphatic carboxylic acids is 1. The number of benzene rings is 1. The topological polar surface area (TPSA) is 86.6 Å². The van der Waals surface area contributed by atoms with Crippen molar-refractivity contribution in [2.75, 3.05) is 6.61 Å². The Labute approximate surface area is 101 Å². The molecule has 92 valence electrons. The summed E-state index contributed by atoms with van der Waals surface area (Å²) < 4.78 is 12.8. The highest BCUT2D eigenvalue weighted by Crippen LogP contribution is 2.15. The van der Waals surface area contributed by atoms with Crippen molar-refractivity contribution in [3.8, 4) is 0 Å². The molecule has 0 aliphatic carbocycles. The molecule has 1 rings (SSSR count). The highest BCUT2D eigenvalue weighted by atomic mass is 35.5. The van der Waals surface area contributed by atoms with Crippen molar-refractivity contribution < 1.29 is 24.2 Å². The molecule has 7 heteroatoms. The molecule has 0 bridgehead atoms. The number of carboxylic acid groups (broad SMARTS) is 1. The monoisotopic (exact) mass is 261 g/mol. The maximum atomic E-state index is 12.8. The summed E-state index contributed by atoms with van der Waals surface area (Å²) in [6.07, 6.45) is 0. The maximum absolute atomic E-state index is 12.8. The van der Waals surface area contributed by atoms with Crippen molar-refractivity contribution in [2.45, 2.75) is 6.04 Å². The molecule has 0 heterocycles. The van der Waals surface area contributed by atoms with Crippen LogP contribution in [0.3, 0.4) is 0 Å². The predicted octanol–water partition coefficient (Wildman–Crippen LogP) is 0.654. The van der Waals surface area contributed by atoms with Crippen molar-refractivity contribution in [1.29, 1.82) is 0 Å². The Morgan fingerprint density at radius 1 is 1.47 bits per heavy atom. The SMILES string of the molecule is O=C(N[C@@H](CO)C(=O)O)c1ccc(F)c(Cl)c1. The normalized spacial score (nSPS) is 11.9. The second-order valence-corrected chi connectivity index (χ2v) is 3.58. The number of carboxylic acids is 1. The van der Waals surface area contributed by atoms with Gasteiger partial charge in [-0.3, -0.25) is 4.79 Å². The first kappa shape index (κ1) is 13.4. The summed E-state index contributed by atoms with van der Waals surface area (Å²) in [4.78, 5) is 22.1. The third-order valence-electron chi connectivity index (χ3n) is 1.97. The average molecular weight is 262 g/mol. The number of amides is 1. The zero-order valence-corrected chi connectivity index (χ0v) is 9.24. The van der Waals surface area contributed by atoms with Crippen LogP contribution in [-0.4, -0.2) is 34.7 Å². The molecule has 0 spiro atoms. The summed E-state index contributed by atoms with van der Waals surface area (Å²) in [5.41, 5.74) is 0.0103. The molecule has 5 nitrogen and oxygen atoms in total. The Hall–Kier alpha value is -1.66. The molecule has 1 atom stereocenters. The van der Waals surface area contributed by atoms with Crippen LogP contribution in [0.2, 0.25) is 5.02 Å². The molecule has 0 aromatic heterocycles. The first-order valence-electron chi connectivity index (χ1n) is 4.55. The van der Waals surface area contributed by atoms with E-state index in [1.807, 2.05) is 0 Å². The van der Waals surface area contributed by atoms with Crippen molar-refractivity contribution in [2.24, 2.45) is 0 Å². The van der Waals surface area contributed by atoms with Gasteiger partial charge in [-0.05, 0) is 18.2 Å². The molecular formula is C10H9ClFNO4. The molecule has 17 heavy (non-hydrogen) atoms. The lowest BCUT2D eigenvalue weighted by molar-refractivity contribution is -0.140. The summed E-state index contributed by atoms with van der Waals surface area (Å²) in [6, 6.07) is 1.81. The van der Waals surface area contributed by atoms with Crippen molar-refractivity contribution in [3.63, 3.8) is 0 Å². The number of rotatable bonds is 4. The van der Waals surface area contributed by atoms with Gasteiger partial charge in [0.1, 0.15) is 5.82 Å². The summed E-state index contributed by atoms with van der Waals surface area (Å²) in [5.74, 6) is -2.80. The summed E-state index contributed by atoms with van der Waals surface area (Å²) in [6.45, 7) is -0.740. The third kappa shape index (κ3) is 3.40. The van der Waals surface area contributed by atoms with Gasteiger partial charge in [-0.15, -0.1) is 0 Å². The molecule has 0 saturated heterocycles. The molecule has 3 N–H and O–H groups in total. The Bertz CT molecular complexity index is 452. The van der Waals surface area contributed by atoms with E-state index in [9.17, 15) is 14.0 Å². The minimum Gasteiger partial charge on any atom is -0.480 e. The summed E-state index contributed by atoms with van der Waals surface area (Å²) >= 11 is 5.47. The van der Waals surface area contributed by atoms with Crippen LogP contribution in [0, 0.1) is 5.82 Å². The van der Waals surface area contributed by atoms with E-state index in [1.165, 1.54) is 0 Å². The third-order valence-corrected chi connectivity index (χ3v) is 2.26. The molecule has 0 saturated carbocycles. The van der Waals surface area contributed by atoms with Gasteiger partial charge in [0.2, 0.25) is 0 Å². The molecule has 0 radical (unpaired) electrons. The van der Waals surface area contributed by atoms with E-state index in [1.54, 1.807) is 0 Å². The number of halogens is 2. The first-order chi connectivity index (χ1) is 7.95. The molecule has 0 unspecified atom stereocenters. The van der Waals surface area contributed by atoms with Gasteiger partial charge in [0.15, 0.2) is 6.04 Å². The largest absolute Gasteiger partial charge is 0.480 e. The molecule has 1 aromatic carbocycles. The van der Waals surface area contributed by atoms with Crippen LogP contribution in [-0.2, 0) is 4.79 Å². The van der Waals surface area contributed by atoms with Crippen LogP contribution in [0.25, 0.3) is 0 Å². The highest BCUT2D eigenvalue weighted by Gasteiger charge is 2.19. The number of hydrogen-bond donors (Lipinski definition) is 3. The molecule has 0 aliphatic rings. The van der Waals surface area contributed by atoms with E-state index >= 15 is 0 Å². The van der Waals surface area contributed by atoms with Crippen molar-refractivity contribution in [1.82, 2.24) is 5.32 Å². The number of aliphatic hydroxyl groups excluding tert-OH is 1. The van der Waals surface area contributed by atoms with Gasteiger partial charge in [-0.2, -0.15) is 0 Å². The molecule has 1 amide bonds. The summed E-state index contributed by atoms with van der Waals surface area (Å²) in [7, 11) is 0. The highest BCUT2D eigenvalue weighted by molar-refractivity contribution is 6.31. The quantitative estimate of drug-likeness (QED) is 0.743. The zero-order valence-electron chi connectivity index (χ0n) is 8.48. The van der Waals surface area contributed by atoms with Crippen LogP contribution in [0.1, 0.15) is 10.4 Å². The minimum absolute atomic E-state index is 0.0103. The number of hydrogen-bond acceptors (Lipinski definition) is 3. The smallest absolute Gasteiger partial charge is 0.328 e. The molecule has 1 aromatic rings. The minimum atomic E-state index is -1.41. The first-order valence-corrected chi connectivity index (χ1v) is 4.93. The lowest BCUT2D eigenvalue weighted by atomic mass is 10.2. The van der Waals surface area contributed by atoms with Crippen molar-refractivity contribution >= 4 is 23.5 Å². The van der Waals surface area contributed by atoms with Crippen LogP contribution in [0.4, 0.5) is 4.39 Å². The van der Waals surface area contributed by atoms with E-state index in [0.717, 1.165) is 18.2 Å². The van der Waals surface area contributed by atoms with Gasteiger partial charge in [-0.1, -0.05) is 11.6 Å². The van der Waals surface area contributed by atoms with E-state index in [4.69, 9.17) is 21.8 Å². The molecule has 0 aliphatic heterocycles. The Morgan fingerprint density at radius 3 is 2.59 bits per heavy atom. The maximum Gasteiger partial charge on any atom is 0.328 e. The fourth-order valence-corrected chi connectivity index (χ4v) is 1.24. The average Bonchev–Trinajstić information content (AvgIpc) is 2.28. The lowest BCUT2D eigenvalue weighted by Crippen LogP contribution is -2.43. The Balaban J connectivity index is 2.82. The molecule has 0 fully saturated rings. The van der Waals surface area contributed by atoms with Crippen molar-refractivity contribution in [3.05, 3.63) is 34.6 Å². The fraction of sp³-hybridized carbons (Fsp3) is 0.200. The number of aliphatic hydroxyl groups is 1. The Morgan fingerprint density at radius 2 is 2.12 bits per heavy atom. The van der Waals surface area contributed by atoms with Gasteiger partial charge >= 0.3 is 5.97 Å². The van der Waals surface area contributed by atoms with Gasteiger partial charge in [-0.25, -0.2) is 9.18 Å². The second-order valence-electron chi connectivity index (χ2n) is 3.18. The summed E-state index contributed by atoms with van der Waals surface area (Å²) in [5, 5.41) is 19.1. The van der Waals surface area contributed by atoms with Crippen LogP contribution in [0.15, 0.2) is 18.2 Å². The Kier molecular flexibility index (Phi) is 4.42. The predicted molar refractivity (Wildman–Crippen MR) is 57.4 cm³/mol. The standard InChI is InChI=1S/C10H9ClFNO4/c11-6-3-5(1-2-7(6)12)9(15)13-8(4-14)10(16)17/h1-3,8,14H,4H2,(H,13,15)(H,16,17)/t8-/m0/s1. The molecular weight excluding hydrogens is 253 g/mol. The van der Waals surface area contributed by atoms with E-state index in [0.29, 0.717) is 0 Å². The van der Waals surface area contributed by atoms with Gasteiger partial charge < -0.3 is 15.5 Å². The van der Waals surface area contributed by atoms with Gasteiger partial charge in [0, 0.05) is 5.56 Å². The van der Waals surface area contributed by atoms with Crippen LogP contribution < -0.4 is 5.32 Å². The lowest BCUT2D eigenvalue weighted by Gasteiger charge is -2.11.